The average molecular weight is 386 g/mol. The maximum atomic E-state index is 12.4. The van der Waals surface area contributed by atoms with Crippen molar-refractivity contribution in [2.24, 2.45) is 0 Å². The molecule has 27 heavy (non-hydrogen) atoms. The van der Waals surface area contributed by atoms with Gasteiger partial charge in [-0.05, 0) is 41.7 Å². The molecule has 1 aromatic carbocycles. The first kappa shape index (κ1) is 16.5. The van der Waals surface area contributed by atoms with Gasteiger partial charge in [-0.2, -0.15) is 0 Å². The van der Waals surface area contributed by atoms with Crippen LogP contribution in [-0.2, 0) is 27.5 Å². The zero-order valence-electron chi connectivity index (χ0n) is 14.5. The minimum Gasteiger partial charge on any atom is -0.442 e. The van der Waals surface area contributed by atoms with E-state index < -0.39 is 9.84 Å². The van der Waals surface area contributed by atoms with Gasteiger partial charge in [-0.3, -0.25) is 4.90 Å². The molecule has 2 aromatic rings. The lowest BCUT2D eigenvalue weighted by Gasteiger charge is -2.16. The van der Waals surface area contributed by atoms with Crippen LogP contribution in [0.5, 0.6) is 0 Å². The molecule has 3 aliphatic rings. The van der Waals surface area contributed by atoms with E-state index in [9.17, 15) is 13.2 Å². The Morgan fingerprint density at radius 1 is 1.30 bits per heavy atom. The second-order valence-corrected chi connectivity index (χ2v) is 9.35. The van der Waals surface area contributed by atoms with Crippen LogP contribution >= 0.6 is 0 Å². The highest BCUT2D eigenvalue weighted by Gasteiger charge is 2.47. The van der Waals surface area contributed by atoms with Gasteiger partial charge < -0.3 is 4.74 Å². The fourth-order valence-corrected chi connectivity index (χ4v) is 5.24. The van der Waals surface area contributed by atoms with E-state index in [-0.39, 0.29) is 29.7 Å². The predicted octanol–water partition coefficient (Wildman–Crippen LogP) is 1.43. The molecule has 0 unspecified atom stereocenters. The highest BCUT2D eigenvalue weighted by atomic mass is 32.2. The summed E-state index contributed by atoms with van der Waals surface area (Å²) in [5.74, 6) is 0.289. The van der Waals surface area contributed by atoms with E-state index in [4.69, 9.17) is 4.74 Å². The second kappa shape index (κ2) is 5.91. The molecule has 4 heterocycles. The van der Waals surface area contributed by atoms with Gasteiger partial charge in [0, 0.05) is 6.20 Å². The van der Waals surface area contributed by atoms with Crippen LogP contribution in [0.4, 0.5) is 10.5 Å². The summed E-state index contributed by atoms with van der Waals surface area (Å²) < 4.78 is 30.5. The normalized spacial score (nSPS) is 25.7. The lowest BCUT2D eigenvalue weighted by molar-refractivity contribution is 0.117. The molecule has 0 saturated carbocycles. The Kier molecular flexibility index (Phi) is 3.61. The largest absolute Gasteiger partial charge is 0.442 e. The van der Waals surface area contributed by atoms with Gasteiger partial charge in [0.05, 0.1) is 36.0 Å². The van der Waals surface area contributed by atoms with E-state index in [2.05, 4.69) is 16.4 Å². The molecule has 0 N–H and O–H groups in total. The Morgan fingerprint density at radius 3 is 2.93 bits per heavy atom. The molecular formula is C18H18N4O4S. The van der Waals surface area contributed by atoms with Crippen LogP contribution < -0.4 is 4.90 Å². The molecule has 0 bridgehead atoms. The van der Waals surface area contributed by atoms with E-state index >= 15 is 0 Å². The van der Waals surface area contributed by atoms with Gasteiger partial charge >= 0.3 is 6.09 Å². The smallest absolute Gasteiger partial charge is 0.415 e. The minimum atomic E-state index is -2.95. The maximum absolute atomic E-state index is 12.4. The summed E-state index contributed by atoms with van der Waals surface area (Å²) in [6.07, 6.45) is 5.78. The topological polar surface area (TPSA) is 94.4 Å². The van der Waals surface area contributed by atoms with Crippen LogP contribution in [-0.4, -0.2) is 53.2 Å². The highest BCUT2D eigenvalue weighted by Crippen LogP contribution is 2.40. The Labute approximate surface area is 156 Å². The number of benzene rings is 1. The van der Waals surface area contributed by atoms with Gasteiger partial charge in [-0.25, -0.2) is 17.9 Å². The molecule has 9 heteroatoms. The number of carbonyl (C=O) groups is 1. The summed E-state index contributed by atoms with van der Waals surface area (Å²) in [6, 6.07) is 5.92. The molecule has 0 spiro atoms. The number of cyclic esters (lactones) is 1. The zero-order chi connectivity index (χ0) is 18.6. The third-order valence-electron chi connectivity index (χ3n) is 5.45. The van der Waals surface area contributed by atoms with Crippen LogP contribution in [0, 0.1) is 0 Å². The van der Waals surface area contributed by atoms with Gasteiger partial charge in [0.2, 0.25) is 0 Å². The van der Waals surface area contributed by atoms with Crippen molar-refractivity contribution in [3.05, 3.63) is 47.8 Å². The first-order valence-corrected chi connectivity index (χ1v) is 10.7. The van der Waals surface area contributed by atoms with Crippen molar-refractivity contribution in [3.63, 3.8) is 0 Å². The van der Waals surface area contributed by atoms with Crippen molar-refractivity contribution in [3.8, 4) is 0 Å². The van der Waals surface area contributed by atoms with Crippen LogP contribution in [0.3, 0.4) is 0 Å². The number of fused-ring (bicyclic) bond motifs is 3. The Morgan fingerprint density at radius 2 is 2.19 bits per heavy atom. The number of allylic oxidation sites excluding steroid dienone is 1. The van der Waals surface area contributed by atoms with Crippen LogP contribution in [0.15, 0.2) is 36.7 Å². The number of nitrogens with zero attached hydrogens (tertiary/aromatic N) is 4. The average Bonchev–Trinajstić information content (AvgIpc) is 3.33. The van der Waals surface area contributed by atoms with Crippen LogP contribution in [0.25, 0.3) is 5.57 Å². The van der Waals surface area contributed by atoms with E-state index in [1.54, 1.807) is 28.1 Å². The molecule has 1 amide bonds. The van der Waals surface area contributed by atoms with Gasteiger partial charge in [0.15, 0.2) is 9.84 Å². The summed E-state index contributed by atoms with van der Waals surface area (Å²) in [6.45, 7) is 0.469. The van der Waals surface area contributed by atoms with Crippen LogP contribution in [0.1, 0.15) is 17.5 Å². The summed E-state index contributed by atoms with van der Waals surface area (Å²) in [5.41, 5.74) is 4.05. The van der Waals surface area contributed by atoms with Crippen LogP contribution in [0.2, 0.25) is 0 Å². The van der Waals surface area contributed by atoms with Crippen molar-refractivity contribution >= 4 is 27.2 Å². The lowest BCUT2D eigenvalue weighted by Crippen LogP contribution is -2.35. The highest BCUT2D eigenvalue weighted by molar-refractivity contribution is 7.91. The number of carbonyl (C=O) groups excluding carboxylic acids is 1. The van der Waals surface area contributed by atoms with Gasteiger partial charge in [0.1, 0.15) is 6.10 Å². The SMILES string of the molecule is O=C1O[C@@H](Cn2ccnn2)[C@@H]2Cc3cc(C4=CCS(=O)(=O)CC4)ccc3N12. The zero-order valence-corrected chi connectivity index (χ0v) is 15.3. The predicted molar refractivity (Wildman–Crippen MR) is 98.0 cm³/mol. The maximum Gasteiger partial charge on any atom is 0.415 e. The molecule has 0 radical (unpaired) electrons. The molecule has 1 saturated heterocycles. The summed E-state index contributed by atoms with van der Waals surface area (Å²) in [4.78, 5) is 14.1. The van der Waals surface area contributed by atoms with Crippen molar-refractivity contribution in [2.45, 2.75) is 31.5 Å². The first-order valence-electron chi connectivity index (χ1n) is 8.87. The lowest BCUT2D eigenvalue weighted by atomic mass is 9.98. The second-order valence-electron chi connectivity index (χ2n) is 7.13. The standard InChI is InChI=1S/C18H18N4O4S/c23-18-22-15-2-1-13(12-3-7-27(24,25)8-4-12)9-14(15)10-16(22)17(26-18)11-21-6-5-19-20-21/h1-3,5-6,9,16-17H,4,7-8,10-11H2/t16-,17-/m0/s1. The number of rotatable bonds is 3. The number of sulfone groups is 1. The molecule has 8 nitrogen and oxygen atoms in total. The van der Waals surface area contributed by atoms with E-state index in [1.807, 2.05) is 12.1 Å². The van der Waals surface area contributed by atoms with E-state index in [0.717, 1.165) is 22.4 Å². The van der Waals surface area contributed by atoms with Gasteiger partial charge in [0.25, 0.3) is 0 Å². The number of ether oxygens (including phenoxy) is 1. The first-order chi connectivity index (χ1) is 13.0. The molecule has 0 aliphatic carbocycles. The van der Waals surface area contributed by atoms with Crippen molar-refractivity contribution in [1.82, 2.24) is 15.0 Å². The Hall–Kier alpha value is -2.68. The molecule has 3 aliphatic heterocycles. The fraction of sp³-hybridized carbons (Fsp3) is 0.389. The number of anilines is 1. The van der Waals surface area contributed by atoms with E-state index in [0.29, 0.717) is 19.4 Å². The molecule has 140 valence electrons. The Balaban J connectivity index is 1.42. The molecule has 2 atom stereocenters. The molecular weight excluding hydrogens is 368 g/mol. The number of hydrogen-bond acceptors (Lipinski definition) is 6. The minimum absolute atomic E-state index is 0.0623. The summed E-state index contributed by atoms with van der Waals surface area (Å²) >= 11 is 0. The van der Waals surface area contributed by atoms with Gasteiger partial charge in [-0.15, -0.1) is 5.10 Å². The summed E-state index contributed by atoms with van der Waals surface area (Å²) in [5, 5.41) is 7.75. The fourth-order valence-electron chi connectivity index (χ4n) is 4.09. The molecule has 1 aromatic heterocycles. The van der Waals surface area contributed by atoms with Gasteiger partial charge in [-0.1, -0.05) is 17.4 Å². The van der Waals surface area contributed by atoms with Crippen molar-refractivity contribution < 1.29 is 17.9 Å². The molecule has 5 rings (SSSR count). The number of amides is 1. The molecule has 1 fully saturated rings. The number of aromatic nitrogens is 3. The summed E-state index contributed by atoms with van der Waals surface area (Å²) in [7, 11) is -2.95. The number of hydrogen-bond donors (Lipinski definition) is 0. The van der Waals surface area contributed by atoms with E-state index in [1.165, 1.54) is 0 Å². The van der Waals surface area contributed by atoms with Crippen molar-refractivity contribution in [1.29, 1.82) is 0 Å². The quantitative estimate of drug-likeness (QED) is 0.792. The third kappa shape index (κ3) is 2.82. The van der Waals surface area contributed by atoms with Crippen molar-refractivity contribution in [2.75, 3.05) is 16.4 Å². The Bertz CT molecular complexity index is 1050. The third-order valence-corrected chi connectivity index (χ3v) is 6.95. The monoisotopic (exact) mass is 386 g/mol.